The number of hydrogen-bond acceptors (Lipinski definition) is 4. The van der Waals surface area contributed by atoms with Crippen molar-refractivity contribution in [2.24, 2.45) is 0 Å². The van der Waals surface area contributed by atoms with Crippen LogP contribution in [0.1, 0.15) is 15.9 Å². The molecule has 0 spiro atoms. The first-order chi connectivity index (χ1) is 12.6. The standard InChI is InChI=1S/C20H18ClN3O2/c1-13-7-8-18(26-2)17(11-13)24-20(25)14-9-10-22-19(12-14)23-16-6-4-3-5-15(16)21/h3-12H,1-2H3,(H,22,23)(H,24,25). The molecule has 132 valence electrons. The summed E-state index contributed by atoms with van der Waals surface area (Å²) in [5, 5.41) is 6.57. The van der Waals surface area contributed by atoms with E-state index in [1.54, 1.807) is 31.5 Å². The highest BCUT2D eigenvalue weighted by molar-refractivity contribution is 6.33. The Kier molecular flexibility index (Phi) is 5.39. The third-order valence-electron chi connectivity index (χ3n) is 3.76. The van der Waals surface area contributed by atoms with Crippen molar-refractivity contribution < 1.29 is 9.53 Å². The van der Waals surface area contributed by atoms with E-state index in [1.807, 2.05) is 43.3 Å². The first-order valence-corrected chi connectivity index (χ1v) is 8.38. The van der Waals surface area contributed by atoms with Gasteiger partial charge in [0.2, 0.25) is 0 Å². The van der Waals surface area contributed by atoms with Gasteiger partial charge in [-0.3, -0.25) is 4.79 Å². The fraction of sp³-hybridized carbons (Fsp3) is 0.100. The van der Waals surface area contributed by atoms with Gasteiger partial charge in [-0.25, -0.2) is 4.98 Å². The number of pyridine rings is 1. The van der Waals surface area contributed by atoms with Gasteiger partial charge < -0.3 is 15.4 Å². The molecule has 3 aromatic rings. The summed E-state index contributed by atoms with van der Waals surface area (Å²) >= 11 is 6.15. The van der Waals surface area contributed by atoms with Crippen molar-refractivity contribution in [1.29, 1.82) is 0 Å². The lowest BCUT2D eigenvalue weighted by molar-refractivity contribution is 0.102. The monoisotopic (exact) mass is 367 g/mol. The molecule has 0 saturated heterocycles. The third kappa shape index (κ3) is 4.13. The van der Waals surface area contributed by atoms with Crippen LogP contribution in [0.2, 0.25) is 5.02 Å². The Labute approximate surface area is 157 Å². The molecule has 0 radical (unpaired) electrons. The molecule has 0 fully saturated rings. The normalized spacial score (nSPS) is 10.3. The Morgan fingerprint density at radius 1 is 1.08 bits per heavy atom. The molecule has 0 saturated carbocycles. The van der Waals surface area contributed by atoms with Crippen LogP contribution in [0.25, 0.3) is 0 Å². The van der Waals surface area contributed by atoms with Gasteiger partial charge in [0.05, 0.1) is 23.5 Å². The number of nitrogens with one attached hydrogen (secondary N) is 2. The van der Waals surface area contributed by atoms with Crippen LogP contribution in [0.5, 0.6) is 5.75 Å². The lowest BCUT2D eigenvalue weighted by atomic mass is 10.2. The molecule has 0 atom stereocenters. The van der Waals surface area contributed by atoms with Crippen LogP contribution in [0.4, 0.5) is 17.2 Å². The maximum absolute atomic E-state index is 12.6. The number of para-hydroxylation sites is 1. The number of halogens is 1. The van der Waals surface area contributed by atoms with Crippen LogP contribution in [0.15, 0.2) is 60.8 Å². The second-order valence-corrected chi connectivity index (χ2v) is 6.10. The van der Waals surface area contributed by atoms with E-state index in [2.05, 4.69) is 15.6 Å². The van der Waals surface area contributed by atoms with E-state index in [-0.39, 0.29) is 5.91 Å². The highest BCUT2D eigenvalue weighted by Gasteiger charge is 2.11. The maximum Gasteiger partial charge on any atom is 0.255 e. The van der Waals surface area contributed by atoms with Crippen LogP contribution in [0, 0.1) is 6.92 Å². The minimum atomic E-state index is -0.251. The maximum atomic E-state index is 12.6. The minimum absolute atomic E-state index is 0.251. The highest BCUT2D eigenvalue weighted by Crippen LogP contribution is 2.27. The SMILES string of the molecule is COc1ccc(C)cc1NC(=O)c1ccnc(Nc2ccccc2Cl)c1. The van der Waals surface area contributed by atoms with Crippen molar-refractivity contribution in [2.45, 2.75) is 6.92 Å². The fourth-order valence-corrected chi connectivity index (χ4v) is 2.64. The van der Waals surface area contributed by atoms with Gasteiger partial charge in [-0.1, -0.05) is 29.8 Å². The average Bonchev–Trinajstić information content (AvgIpc) is 2.64. The molecule has 5 nitrogen and oxygen atoms in total. The van der Waals surface area contributed by atoms with E-state index in [0.29, 0.717) is 27.8 Å². The van der Waals surface area contributed by atoms with Gasteiger partial charge in [-0.05, 0) is 48.9 Å². The molecular formula is C20H18ClN3O2. The molecule has 26 heavy (non-hydrogen) atoms. The summed E-state index contributed by atoms with van der Waals surface area (Å²) in [4.78, 5) is 16.9. The number of anilines is 3. The molecule has 2 aromatic carbocycles. The number of rotatable bonds is 5. The number of amides is 1. The number of carbonyl (C=O) groups is 1. The van der Waals surface area contributed by atoms with Crippen LogP contribution in [-0.2, 0) is 0 Å². The summed E-state index contributed by atoms with van der Waals surface area (Å²) in [6.07, 6.45) is 1.57. The van der Waals surface area contributed by atoms with E-state index in [9.17, 15) is 4.79 Å². The van der Waals surface area contributed by atoms with Crippen LogP contribution in [0.3, 0.4) is 0 Å². The van der Waals surface area contributed by atoms with Gasteiger partial charge in [0.1, 0.15) is 11.6 Å². The molecule has 0 aliphatic rings. The molecule has 0 unspecified atom stereocenters. The van der Waals surface area contributed by atoms with Gasteiger partial charge in [0.15, 0.2) is 0 Å². The third-order valence-corrected chi connectivity index (χ3v) is 4.09. The molecular weight excluding hydrogens is 350 g/mol. The topological polar surface area (TPSA) is 63.2 Å². The second kappa shape index (κ2) is 7.89. The number of hydrogen-bond donors (Lipinski definition) is 2. The number of aryl methyl sites for hydroxylation is 1. The number of benzene rings is 2. The van der Waals surface area contributed by atoms with Gasteiger partial charge >= 0.3 is 0 Å². The Bertz CT molecular complexity index is 944. The predicted octanol–water partition coefficient (Wildman–Crippen LogP) is 5.05. The molecule has 1 aromatic heterocycles. The van der Waals surface area contributed by atoms with E-state index >= 15 is 0 Å². The number of methoxy groups -OCH3 is 1. The summed E-state index contributed by atoms with van der Waals surface area (Å²) in [7, 11) is 1.57. The van der Waals surface area contributed by atoms with Gasteiger partial charge in [0, 0.05) is 11.8 Å². The van der Waals surface area contributed by atoms with E-state index < -0.39 is 0 Å². The minimum Gasteiger partial charge on any atom is -0.495 e. The van der Waals surface area contributed by atoms with Gasteiger partial charge in [-0.15, -0.1) is 0 Å². The van der Waals surface area contributed by atoms with Crippen molar-refractivity contribution in [3.8, 4) is 5.75 Å². The number of ether oxygens (including phenoxy) is 1. The van der Waals surface area contributed by atoms with Crippen LogP contribution in [-0.4, -0.2) is 18.0 Å². The summed E-state index contributed by atoms with van der Waals surface area (Å²) in [5.41, 5.74) is 2.84. The Balaban J connectivity index is 1.81. The lowest BCUT2D eigenvalue weighted by Crippen LogP contribution is -2.13. The second-order valence-electron chi connectivity index (χ2n) is 5.69. The predicted molar refractivity (Wildman–Crippen MR) is 105 cm³/mol. The Morgan fingerprint density at radius 2 is 1.88 bits per heavy atom. The summed E-state index contributed by atoms with van der Waals surface area (Å²) in [5.74, 6) is 0.882. The fourth-order valence-electron chi connectivity index (χ4n) is 2.45. The summed E-state index contributed by atoms with van der Waals surface area (Å²) in [6.45, 7) is 1.95. The van der Waals surface area contributed by atoms with Crippen molar-refractivity contribution in [1.82, 2.24) is 4.98 Å². The molecule has 0 aliphatic heterocycles. The van der Waals surface area contributed by atoms with Crippen molar-refractivity contribution in [3.63, 3.8) is 0 Å². The molecule has 1 amide bonds. The Morgan fingerprint density at radius 3 is 2.65 bits per heavy atom. The van der Waals surface area contributed by atoms with Gasteiger partial charge in [0.25, 0.3) is 5.91 Å². The first-order valence-electron chi connectivity index (χ1n) is 8.00. The first kappa shape index (κ1) is 17.8. The smallest absolute Gasteiger partial charge is 0.255 e. The zero-order chi connectivity index (χ0) is 18.5. The largest absolute Gasteiger partial charge is 0.495 e. The highest BCUT2D eigenvalue weighted by atomic mass is 35.5. The van der Waals surface area contributed by atoms with Crippen molar-refractivity contribution in [2.75, 3.05) is 17.7 Å². The van der Waals surface area contributed by atoms with Gasteiger partial charge in [-0.2, -0.15) is 0 Å². The van der Waals surface area contributed by atoms with E-state index in [1.165, 1.54) is 0 Å². The molecule has 0 aliphatic carbocycles. The quantitative estimate of drug-likeness (QED) is 0.662. The van der Waals surface area contributed by atoms with Crippen LogP contribution < -0.4 is 15.4 Å². The van der Waals surface area contributed by atoms with E-state index in [4.69, 9.17) is 16.3 Å². The van der Waals surface area contributed by atoms with Crippen molar-refractivity contribution in [3.05, 3.63) is 76.9 Å². The molecule has 2 N–H and O–H groups in total. The van der Waals surface area contributed by atoms with Crippen molar-refractivity contribution >= 4 is 34.7 Å². The summed E-state index contributed by atoms with van der Waals surface area (Å²) < 4.78 is 5.30. The average molecular weight is 368 g/mol. The molecule has 1 heterocycles. The number of carbonyl (C=O) groups excluding carboxylic acids is 1. The summed E-state index contributed by atoms with van der Waals surface area (Å²) in [6, 6.07) is 16.3. The zero-order valence-corrected chi connectivity index (χ0v) is 15.2. The van der Waals surface area contributed by atoms with E-state index in [0.717, 1.165) is 11.3 Å². The zero-order valence-electron chi connectivity index (χ0n) is 14.4. The number of nitrogens with zero attached hydrogens (tertiary/aromatic N) is 1. The lowest BCUT2D eigenvalue weighted by Gasteiger charge is -2.12. The molecule has 3 rings (SSSR count). The van der Waals surface area contributed by atoms with Crippen LogP contribution >= 0.6 is 11.6 Å². The number of aromatic nitrogens is 1. The molecule has 6 heteroatoms. The Hall–Kier alpha value is -3.05. The molecule has 0 bridgehead atoms.